The van der Waals surface area contributed by atoms with Gasteiger partial charge in [-0.3, -0.25) is 0 Å². The van der Waals surface area contributed by atoms with Gasteiger partial charge in [-0.25, -0.2) is 9.18 Å². The molecule has 0 N–H and O–H groups in total. The van der Waals surface area contributed by atoms with Crippen LogP contribution in [-0.4, -0.2) is 0 Å². The summed E-state index contributed by atoms with van der Waals surface area (Å²) in [5, 5.41) is 0.704. The van der Waals surface area contributed by atoms with E-state index < -0.39 is 11.4 Å². The van der Waals surface area contributed by atoms with Crippen molar-refractivity contribution in [2.75, 3.05) is 0 Å². The first-order valence-electron chi connectivity index (χ1n) is 3.97. The van der Waals surface area contributed by atoms with Crippen LogP contribution in [0.5, 0.6) is 0 Å². The minimum atomic E-state index is -0.440. The van der Waals surface area contributed by atoms with Crippen molar-refractivity contribution in [3.8, 4) is 0 Å². The normalized spacial score (nSPS) is 10.8. The minimum absolute atomic E-state index is 0.265. The van der Waals surface area contributed by atoms with Crippen molar-refractivity contribution in [1.82, 2.24) is 0 Å². The lowest BCUT2D eigenvalue weighted by Gasteiger charge is -1.99. The van der Waals surface area contributed by atoms with Crippen LogP contribution in [-0.2, 0) is 0 Å². The van der Waals surface area contributed by atoms with Gasteiger partial charge in [0, 0.05) is 17.0 Å². The first kappa shape index (κ1) is 9.40. The summed E-state index contributed by atoms with van der Waals surface area (Å²) in [5.41, 5.74) is 0.344. The van der Waals surface area contributed by atoms with Crippen LogP contribution >= 0.6 is 15.9 Å². The third-order valence-electron chi connectivity index (χ3n) is 1.95. The Hall–Kier alpha value is -1.16. The Labute approximate surface area is 87.5 Å². The van der Waals surface area contributed by atoms with E-state index in [1.165, 1.54) is 6.07 Å². The van der Waals surface area contributed by atoms with Crippen molar-refractivity contribution < 1.29 is 8.81 Å². The van der Waals surface area contributed by atoms with Crippen LogP contribution in [0.25, 0.3) is 11.0 Å². The molecule has 1 heterocycles. The van der Waals surface area contributed by atoms with Gasteiger partial charge in [0.2, 0.25) is 0 Å². The molecule has 0 saturated heterocycles. The topological polar surface area (TPSA) is 30.2 Å². The van der Waals surface area contributed by atoms with E-state index in [1.807, 2.05) is 0 Å². The highest BCUT2D eigenvalue weighted by molar-refractivity contribution is 9.10. The number of fused-ring (bicyclic) bond motifs is 1. The summed E-state index contributed by atoms with van der Waals surface area (Å²) in [6, 6.07) is 4.45. The molecule has 2 nitrogen and oxygen atoms in total. The van der Waals surface area contributed by atoms with E-state index in [-0.39, 0.29) is 5.58 Å². The molecule has 4 heteroatoms. The van der Waals surface area contributed by atoms with Crippen molar-refractivity contribution in [2.45, 2.75) is 6.92 Å². The lowest BCUT2D eigenvalue weighted by Crippen LogP contribution is -2.01. The van der Waals surface area contributed by atoms with Crippen LogP contribution in [0.2, 0.25) is 0 Å². The number of benzene rings is 1. The number of rotatable bonds is 0. The molecule has 72 valence electrons. The van der Waals surface area contributed by atoms with Crippen molar-refractivity contribution >= 4 is 26.9 Å². The lowest BCUT2D eigenvalue weighted by atomic mass is 10.2. The van der Waals surface area contributed by atoms with Crippen LogP contribution in [0, 0.1) is 12.7 Å². The molecule has 0 amide bonds. The Morgan fingerprint density at radius 2 is 2.07 bits per heavy atom. The quantitative estimate of drug-likeness (QED) is 0.679. The average Bonchev–Trinajstić information content (AvgIpc) is 2.11. The summed E-state index contributed by atoms with van der Waals surface area (Å²) in [4.78, 5) is 11.1. The Bertz CT molecular complexity index is 560. The van der Waals surface area contributed by atoms with E-state index in [1.54, 1.807) is 19.1 Å². The summed E-state index contributed by atoms with van der Waals surface area (Å²) in [5.74, 6) is -0.440. The lowest BCUT2D eigenvalue weighted by molar-refractivity contribution is 0.548. The van der Waals surface area contributed by atoms with Gasteiger partial charge in [-0.05, 0) is 35.0 Å². The molecule has 0 radical (unpaired) electrons. The van der Waals surface area contributed by atoms with Gasteiger partial charge in [0.25, 0.3) is 0 Å². The van der Waals surface area contributed by atoms with E-state index in [9.17, 15) is 9.18 Å². The summed E-state index contributed by atoms with van der Waals surface area (Å²) in [6.45, 7) is 1.66. The highest BCUT2D eigenvalue weighted by Crippen LogP contribution is 2.22. The van der Waals surface area contributed by atoms with Gasteiger partial charge in [0.05, 0.1) is 4.47 Å². The SMILES string of the molecule is Cc1cc2cc(Br)c(F)cc2oc1=O. The number of hydrogen-bond acceptors (Lipinski definition) is 2. The fraction of sp³-hybridized carbons (Fsp3) is 0.100. The highest BCUT2D eigenvalue weighted by Gasteiger charge is 2.05. The van der Waals surface area contributed by atoms with Crippen LogP contribution in [0.1, 0.15) is 5.56 Å². The Morgan fingerprint density at radius 1 is 1.36 bits per heavy atom. The van der Waals surface area contributed by atoms with E-state index in [0.29, 0.717) is 15.4 Å². The molecule has 1 aromatic carbocycles. The summed E-state index contributed by atoms with van der Waals surface area (Å²) >= 11 is 3.06. The average molecular weight is 257 g/mol. The number of aryl methyl sites for hydroxylation is 1. The predicted octanol–water partition coefficient (Wildman–Crippen LogP) is 3.00. The van der Waals surface area contributed by atoms with Gasteiger partial charge in [0.15, 0.2) is 0 Å². The molecule has 2 aromatic rings. The zero-order valence-corrected chi connectivity index (χ0v) is 8.89. The van der Waals surface area contributed by atoms with Crippen LogP contribution in [0.4, 0.5) is 4.39 Å². The Balaban J connectivity index is 2.90. The van der Waals surface area contributed by atoms with Gasteiger partial charge in [0.1, 0.15) is 11.4 Å². The third-order valence-corrected chi connectivity index (χ3v) is 2.56. The van der Waals surface area contributed by atoms with Crippen LogP contribution in [0.3, 0.4) is 0 Å². The zero-order chi connectivity index (χ0) is 10.3. The van der Waals surface area contributed by atoms with Crippen molar-refractivity contribution in [1.29, 1.82) is 0 Å². The molecular weight excluding hydrogens is 251 g/mol. The molecule has 0 spiro atoms. The molecule has 0 aliphatic carbocycles. The zero-order valence-electron chi connectivity index (χ0n) is 7.30. The molecule has 0 saturated carbocycles. The highest BCUT2D eigenvalue weighted by atomic mass is 79.9. The summed E-state index contributed by atoms with van der Waals surface area (Å²) < 4.78 is 18.3. The number of hydrogen-bond donors (Lipinski definition) is 0. The molecular formula is C10H6BrFO2. The van der Waals surface area contributed by atoms with E-state index in [2.05, 4.69) is 15.9 Å². The second kappa shape index (κ2) is 3.20. The monoisotopic (exact) mass is 256 g/mol. The maximum absolute atomic E-state index is 13.1. The largest absolute Gasteiger partial charge is 0.422 e. The van der Waals surface area contributed by atoms with Crippen molar-refractivity contribution in [3.63, 3.8) is 0 Å². The molecule has 2 rings (SSSR count). The fourth-order valence-electron chi connectivity index (χ4n) is 1.22. The van der Waals surface area contributed by atoms with Crippen molar-refractivity contribution in [2.24, 2.45) is 0 Å². The van der Waals surface area contributed by atoms with E-state index in [4.69, 9.17) is 4.42 Å². The molecule has 0 fully saturated rings. The predicted molar refractivity (Wildman–Crippen MR) is 54.9 cm³/mol. The molecule has 0 unspecified atom stereocenters. The molecule has 14 heavy (non-hydrogen) atoms. The smallest absolute Gasteiger partial charge is 0.339 e. The minimum Gasteiger partial charge on any atom is -0.422 e. The molecule has 0 aliphatic heterocycles. The second-order valence-corrected chi connectivity index (χ2v) is 3.88. The Morgan fingerprint density at radius 3 is 2.79 bits per heavy atom. The van der Waals surface area contributed by atoms with Gasteiger partial charge >= 0.3 is 5.63 Å². The molecule has 0 aliphatic rings. The maximum atomic E-state index is 13.1. The molecule has 0 bridgehead atoms. The third kappa shape index (κ3) is 1.46. The van der Waals surface area contributed by atoms with Gasteiger partial charge < -0.3 is 4.42 Å². The van der Waals surface area contributed by atoms with Gasteiger partial charge in [-0.15, -0.1) is 0 Å². The second-order valence-electron chi connectivity index (χ2n) is 3.02. The van der Waals surface area contributed by atoms with Crippen LogP contribution in [0.15, 0.2) is 31.9 Å². The fourth-order valence-corrected chi connectivity index (χ4v) is 1.58. The van der Waals surface area contributed by atoms with Gasteiger partial charge in [-0.2, -0.15) is 0 Å². The summed E-state index contributed by atoms with van der Waals surface area (Å²) in [7, 11) is 0. The van der Waals surface area contributed by atoms with Gasteiger partial charge in [-0.1, -0.05) is 0 Å². The standard InChI is InChI=1S/C10H6BrFO2/c1-5-2-6-3-7(11)8(12)4-9(6)14-10(5)13/h2-4H,1H3. The number of halogens is 2. The van der Waals surface area contributed by atoms with E-state index in [0.717, 1.165) is 0 Å². The van der Waals surface area contributed by atoms with Crippen molar-refractivity contribution in [3.05, 3.63) is 44.5 Å². The first-order chi connectivity index (χ1) is 6.58. The summed E-state index contributed by atoms with van der Waals surface area (Å²) in [6.07, 6.45) is 0. The van der Waals surface area contributed by atoms with Crippen LogP contribution < -0.4 is 5.63 Å². The molecule has 1 aromatic heterocycles. The van der Waals surface area contributed by atoms with E-state index >= 15 is 0 Å². The molecule has 0 atom stereocenters. The maximum Gasteiger partial charge on any atom is 0.339 e. The first-order valence-corrected chi connectivity index (χ1v) is 4.77. The Kier molecular flexibility index (Phi) is 2.15.